The van der Waals surface area contributed by atoms with Gasteiger partial charge in [-0.1, -0.05) is 24.3 Å². The largest absolute Gasteiger partial charge is 0.457 e. The highest BCUT2D eigenvalue weighted by Crippen LogP contribution is 2.31. The number of nitrogens with one attached hydrogen (secondary N) is 2. The Morgan fingerprint density at radius 2 is 1.81 bits per heavy atom. The Labute approximate surface area is 187 Å². The van der Waals surface area contributed by atoms with E-state index in [0.717, 1.165) is 15.4 Å². The van der Waals surface area contributed by atoms with E-state index in [0.29, 0.717) is 28.7 Å². The number of hydrogen-bond acceptors (Lipinski definition) is 6. The van der Waals surface area contributed by atoms with E-state index < -0.39 is 0 Å². The van der Waals surface area contributed by atoms with Gasteiger partial charge in [-0.15, -0.1) is 22.7 Å². The van der Waals surface area contributed by atoms with Gasteiger partial charge in [0.05, 0.1) is 17.1 Å². The third kappa shape index (κ3) is 5.56. The number of amides is 2. The van der Waals surface area contributed by atoms with Gasteiger partial charge in [0.1, 0.15) is 11.5 Å². The lowest BCUT2D eigenvalue weighted by Gasteiger charge is -2.07. The number of anilines is 1. The molecule has 4 rings (SSSR count). The van der Waals surface area contributed by atoms with Crippen molar-refractivity contribution in [3.63, 3.8) is 0 Å². The number of carbonyl (C=O) groups is 2. The minimum Gasteiger partial charge on any atom is -0.457 e. The standard InChI is InChI=1S/C23H19N3O3S2/c1-15(27)24-13-19-10-11-21(31-19)20-14-30-23(25-20)26-22(28)16-6-5-9-18(12-16)29-17-7-3-2-4-8-17/h2-12,14H,13H2,1H3,(H,24,27)(H,25,26,28). The first-order valence-corrected chi connectivity index (χ1v) is 11.2. The van der Waals surface area contributed by atoms with E-state index in [-0.39, 0.29) is 11.8 Å². The highest BCUT2D eigenvalue weighted by atomic mass is 32.1. The number of carbonyl (C=O) groups excluding carboxylic acids is 2. The monoisotopic (exact) mass is 449 g/mol. The molecule has 0 spiro atoms. The molecule has 2 N–H and O–H groups in total. The number of thiazole rings is 1. The Morgan fingerprint density at radius 1 is 1.00 bits per heavy atom. The van der Waals surface area contributed by atoms with Gasteiger partial charge < -0.3 is 10.1 Å². The molecule has 2 aromatic carbocycles. The molecule has 0 radical (unpaired) electrons. The van der Waals surface area contributed by atoms with Crippen LogP contribution in [0.15, 0.2) is 72.1 Å². The highest BCUT2D eigenvalue weighted by Gasteiger charge is 2.12. The van der Waals surface area contributed by atoms with E-state index in [2.05, 4.69) is 15.6 Å². The van der Waals surface area contributed by atoms with Crippen molar-refractivity contribution in [3.8, 4) is 22.1 Å². The fraction of sp³-hybridized carbons (Fsp3) is 0.0870. The van der Waals surface area contributed by atoms with Gasteiger partial charge in [0, 0.05) is 22.7 Å². The summed E-state index contributed by atoms with van der Waals surface area (Å²) < 4.78 is 5.80. The van der Waals surface area contributed by atoms with Crippen molar-refractivity contribution < 1.29 is 14.3 Å². The van der Waals surface area contributed by atoms with Crippen molar-refractivity contribution >= 4 is 39.6 Å². The SMILES string of the molecule is CC(=O)NCc1ccc(-c2csc(NC(=O)c3cccc(Oc4ccccc4)c3)n2)s1. The molecule has 2 heterocycles. The summed E-state index contributed by atoms with van der Waals surface area (Å²) in [6.45, 7) is 1.99. The fourth-order valence-corrected chi connectivity index (χ4v) is 4.45. The lowest BCUT2D eigenvalue weighted by Crippen LogP contribution is -2.17. The number of rotatable bonds is 7. The first-order chi connectivity index (χ1) is 15.1. The number of para-hydroxylation sites is 1. The maximum Gasteiger partial charge on any atom is 0.257 e. The Hall–Kier alpha value is -3.49. The fourth-order valence-electron chi connectivity index (χ4n) is 2.76. The van der Waals surface area contributed by atoms with Crippen LogP contribution >= 0.6 is 22.7 Å². The van der Waals surface area contributed by atoms with E-state index in [4.69, 9.17) is 4.74 Å². The second-order valence-corrected chi connectivity index (χ2v) is 8.64. The molecule has 0 aliphatic rings. The van der Waals surface area contributed by atoms with Gasteiger partial charge in [-0.25, -0.2) is 4.98 Å². The van der Waals surface area contributed by atoms with Crippen LogP contribution in [-0.2, 0) is 11.3 Å². The van der Waals surface area contributed by atoms with E-state index in [1.165, 1.54) is 18.3 Å². The van der Waals surface area contributed by atoms with E-state index in [9.17, 15) is 9.59 Å². The number of thiophene rings is 1. The number of hydrogen-bond donors (Lipinski definition) is 2. The van der Waals surface area contributed by atoms with Gasteiger partial charge >= 0.3 is 0 Å². The van der Waals surface area contributed by atoms with Crippen LogP contribution in [0, 0.1) is 0 Å². The van der Waals surface area contributed by atoms with Crippen molar-refractivity contribution in [2.45, 2.75) is 13.5 Å². The Balaban J connectivity index is 1.41. The normalized spacial score (nSPS) is 10.5. The Morgan fingerprint density at radius 3 is 2.61 bits per heavy atom. The minimum absolute atomic E-state index is 0.0631. The summed E-state index contributed by atoms with van der Waals surface area (Å²) in [7, 11) is 0. The number of nitrogens with zero attached hydrogens (tertiary/aromatic N) is 1. The molecule has 0 saturated carbocycles. The summed E-state index contributed by atoms with van der Waals surface area (Å²) in [6.07, 6.45) is 0. The van der Waals surface area contributed by atoms with Crippen LogP contribution in [0.5, 0.6) is 11.5 Å². The summed E-state index contributed by atoms with van der Waals surface area (Å²) in [4.78, 5) is 30.3. The van der Waals surface area contributed by atoms with Crippen molar-refractivity contribution in [1.29, 1.82) is 0 Å². The predicted molar refractivity (Wildman–Crippen MR) is 124 cm³/mol. The molecule has 0 atom stereocenters. The van der Waals surface area contributed by atoms with Crippen LogP contribution in [0.4, 0.5) is 5.13 Å². The third-order valence-corrected chi connectivity index (χ3v) is 6.09. The maximum absolute atomic E-state index is 12.7. The molecule has 2 aromatic heterocycles. The topological polar surface area (TPSA) is 80.3 Å². The van der Waals surface area contributed by atoms with Gasteiger partial charge in [-0.05, 0) is 42.5 Å². The molecule has 0 unspecified atom stereocenters. The van der Waals surface area contributed by atoms with Crippen molar-refractivity contribution in [2.75, 3.05) is 5.32 Å². The first kappa shape index (κ1) is 20.8. The van der Waals surface area contributed by atoms with Crippen LogP contribution in [0.25, 0.3) is 10.6 Å². The summed E-state index contributed by atoms with van der Waals surface area (Å²) in [5.74, 6) is 0.978. The second-order valence-electron chi connectivity index (χ2n) is 6.61. The molecular formula is C23H19N3O3S2. The molecule has 31 heavy (non-hydrogen) atoms. The average molecular weight is 450 g/mol. The molecule has 0 aliphatic carbocycles. The summed E-state index contributed by atoms with van der Waals surface area (Å²) in [5, 5.41) is 8.05. The van der Waals surface area contributed by atoms with Crippen LogP contribution in [0.3, 0.4) is 0 Å². The predicted octanol–water partition coefficient (Wildman–Crippen LogP) is 5.55. The molecule has 0 bridgehead atoms. The zero-order valence-electron chi connectivity index (χ0n) is 16.6. The molecule has 8 heteroatoms. The average Bonchev–Trinajstić information content (AvgIpc) is 3.43. The van der Waals surface area contributed by atoms with Gasteiger partial charge in [0.15, 0.2) is 5.13 Å². The molecule has 156 valence electrons. The number of aromatic nitrogens is 1. The van der Waals surface area contributed by atoms with Crippen LogP contribution in [0.2, 0.25) is 0 Å². The second kappa shape index (κ2) is 9.55. The first-order valence-electron chi connectivity index (χ1n) is 9.50. The Bertz CT molecular complexity index is 1200. The molecule has 0 saturated heterocycles. The van der Waals surface area contributed by atoms with Crippen LogP contribution in [-0.4, -0.2) is 16.8 Å². The smallest absolute Gasteiger partial charge is 0.257 e. The minimum atomic E-state index is -0.253. The number of ether oxygens (including phenoxy) is 1. The molecular weight excluding hydrogens is 430 g/mol. The zero-order chi connectivity index (χ0) is 21.6. The molecule has 0 aliphatic heterocycles. The lowest BCUT2D eigenvalue weighted by atomic mass is 10.2. The van der Waals surface area contributed by atoms with Crippen LogP contribution < -0.4 is 15.4 Å². The molecule has 4 aromatic rings. The lowest BCUT2D eigenvalue weighted by molar-refractivity contribution is -0.119. The number of benzene rings is 2. The van der Waals surface area contributed by atoms with Crippen molar-refractivity contribution in [3.05, 3.63) is 82.6 Å². The van der Waals surface area contributed by atoms with Gasteiger partial charge in [0.2, 0.25) is 5.91 Å². The molecule has 2 amide bonds. The van der Waals surface area contributed by atoms with Gasteiger partial charge in [-0.3, -0.25) is 14.9 Å². The zero-order valence-corrected chi connectivity index (χ0v) is 18.3. The summed E-state index contributed by atoms with van der Waals surface area (Å²) >= 11 is 2.92. The maximum atomic E-state index is 12.7. The van der Waals surface area contributed by atoms with Gasteiger partial charge in [-0.2, -0.15) is 0 Å². The quantitative estimate of drug-likeness (QED) is 0.387. The van der Waals surface area contributed by atoms with Crippen molar-refractivity contribution in [2.24, 2.45) is 0 Å². The van der Waals surface area contributed by atoms with E-state index in [1.807, 2.05) is 47.8 Å². The highest BCUT2D eigenvalue weighted by molar-refractivity contribution is 7.17. The van der Waals surface area contributed by atoms with Crippen molar-refractivity contribution in [1.82, 2.24) is 10.3 Å². The van der Waals surface area contributed by atoms with Gasteiger partial charge in [0.25, 0.3) is 5.91 Å². The summed E-state index contributed by atoms with van der Waals surface area (Å²) in [6, 6.07) is 20.4. The third-order valence-electron chi connectivity index (χ3n) is 4.23. The molecule has 6 nitrogen and oxygen atoms in total. The Kier molecular flexibility index (Phi) is 6.40. The molecule has 0 fully saturated rings. The summed E-state index contributed by atoms with van der Waals surface area (Å²) in [5.41, 5.74) is 1.28. The van der Waals surface area contributed by atoms with Crippen LogP contribution in [0.1, 0.15) is 22.2 Å². The van der Waals surface area contributed by atoms with E-state index >= 15 is 0 Å². The van der Waals surface area contributed by atoms with E-state index in [1.54, 1.807) is 35.6 Å².